The number of fused-ring (bicyclic) bond motifs is 2. The van der Waals surface area contributed by atoms with Crippen LogP contribution in [0, 0.1) is 6.92 Å². The summed E-state index contributed by atoms with van der Waals surface area (Å²) >= 11 is 7.03. The van der Waals surface area contributed by atoms with Gasteiger partial charge >= 0.3 is 0 Å². The lowest BCUT2D eigenvalue weighted by atomic mass is 9.96. The Labute approximate surface area is 307 Å². The van der Waals surface area contributed by atoms with Gasteiger partial charge in [0.2, 0.25) is 11.8 Å². The Morgan fingerprint density at radius 3 is 2.50 bits per heavy atom. The summed E-state index contributed by atoms with van der Waals surface area (Å²) in [7, 11) is 6.75. The Bertz CT molecular complexity index is 2120. The number of nitrogens with one attached hydrogen (secondary N) is 3. The van der Waals surface area contributed by atoms with E-state index < -0.39 is 17.7 Å². The summed E-state index contributed by atoms with van der Waals surface area (Å²) in [5, 5.41) is 13.8. The molecule has 1 amide bonds. The number of benzene rings is 2. The number of nitrogens with zero attached hydrogens (tertiary/aromatic N) is 4. The Kier molecular flexibility index (Phi) is 12.9. The summed E-state index contributed by atoms with van der Waals surface area (Å²) in [6.07, 6.45) is 5.52. The van der Waals surface area contributed by atoms with Crippen molar-refractivity contribution in [3.05, 3.63) is 92.5 Å². The topological polar surface area (TPSA) is 123 Å². The number of rotatable bonds is 12. The fourth-order valence-electron chi connectivity index (χ4n) is 6.35. The average Bonchev–Trinajstić information content (AvgIpc) is 3.63. The van der Waals surface area contributed by atoms with E-state index in [1.165, 1.54) is 24.9 Å². The summed E-state index contributed by atoms with van der Waals surface area (Å²) in [5.74, 6) is 0.815. The lowest BCUT2D eigenvalue weighted by Gasteiger charge is -2.17. The first-order chi connectivity index (χ1) is 25.1. The van der Waals surface area contributed by atoms with Crippen molar-refractivity contribution in [1.82, 2.24) is 30.4 Å². The number of hydrogen-bond donors (Lipinski definition) is 3. The zero-order chi connectivity index (χ0) is 37.4. The van der Waals surface area contributed by atoms with Crippen LogP contribution in [0.4, 0.5) is 20.3 Å². The molecule has 3 N–H and O–H groups in total. The largest absolute Gasteiger partial charge is 0.481 e. The van der Waals surface area contributed by atoms with Gasteiger partial charge in [-0.2, -0.15) is 5.10 Å². The van der Waals surface area contributed by atoms with Crippen LogP contribution in [0.3, 0.4) is 0 Å². The Hall–Kier alpha value is -4.94. The van der Waals surface area contributed by atoms with Crippen LogP contribution in [-0.4, -0.2) is 53.4 Å². The van der Waals surface area contributed by atoms with Gasteiger partial charge in [0, 0.05) is 48.3 Å². The quantitative estimate of drug-likeness (QED) is 0.112. The first-order valence-corrected chi connectivity index (χ1v) is 17.7. The van der Waals surface area contributed by atoms with Gasteiger partial charge in [-0.1, -0.05) is 48.4 Å². The number of aromatic nitrogens is 4. The number of unbranched alkanes of at least 4 members (excludes halogenated alkanes) is 2. The number of hydrogen-bond acceptors (Lipinski definition) is 8. The zero-order valence-electron chi connectivity index (χ0n) is 30.1. The summed E-state index contributed by atoms with van der Waals surface area (Å²) in [5.41, 5.74) is 6.02. The fraction of sp³-hybridized carbons (Fsp3) is 0.359. The van der Waals surface area contributed by atoms with Crippen LogP contribution < -0.4 is 26.2 Å². The maximum atomic E-state index is 13.7. The molecule has 0 saturated carbocycles. The minimum absolute atomic E-state index is 0.0373. The van der Waals surface area contributed by atoms with Crippen molar-refractivity contribution in [2.45, 2.75) is 58.3 Å². The van der Waals surface area contributed by atoms with E-state index in [4.69, 9.17) is 21.3 Å². The third kappa shape index (κ3) is 8.56. The number of carbonyl (C=O) groups excluding carboxylic acids is 1. The zero-order valence-corrected chi connectivity index (χ0v) is 30.8. The molecule has 0 fully saturated rings. The van der Waals surface area contributed by atoms with Gasteiger partial charge in [0.25, 0.3) is 12.0 Å². The molecule has 1 aliphatic carbocycles. The molecule has 2 aromatic carbocycles. The number of halogens is 3. The molecule has 274 valence electrons. The number of pyridine rings is 2. The van der Waals surface area contributed by atoms with Gasteiger partial charge in [-0.15, -0.1) is 0 Å². The molecule has 0 spiro atoms. The number of methoxy groups -OCH3 is 1. The third-order valence-electron chi connectivity index (χ3n) is 9.18. The van der Waals surface area contributed by atoms with E-state index >= 15 is 0 Å². The monoisotopic (exact) mass is 731 g/mol. The van der Waals surface area contributed by atoms with E-state index in [9.17, 15) is 18.4 Å². The van der Waals surface area contributed by atoms with Gasteiger partial charge in [0.1, 0.15) is 11.5 Å². The SMILES string of the molecule is CNCCCCCC(=O)NC.COc1nc(-c2cccc(-c3cccc(Nc4nc(C(F)F)cc5cnn(C)c(=O)c45)c3C)c2Cl)cc2c1CCC2. The van der Waals surface area contributed by atoms with E-state index in [0.717, 1.165) is 83.3 Å². The van der Waals surface area contributed by atoms with E-state index in [-0.39, 0.29) is 22.5 Å². The second kappa shape index (κ2) is 17.5. The van der Waals surface area contributed by atoms with Gasteiger partial charge < -0.3 is 20.7 Å². The molecule has 0 aliphatic heterocycles. The van der Waals surface area contributed by atoms with Crippen LogP contribution in [-0.2, 0) is 24.7 Å². The minimum atomic E-state index is -2.82. The summed E-state index contributed by atoms with van der Waals surface area (Å²) < 4.78 is 34.1. The lowest BCUT2D eigenvalue weighted by molar-refractivity contribution is -0.120. The normalized spacial score (nSPS) is 12.0. The fourth-order valence-corrected chi connectivity index (χ4v) is 6.67. The van der Waals surface area contributed by atoms with Crippen LogP contribution in [0.5, 0.6) is 5.88 Å². The van der Waals surface area contributed by atoms with Gasteiger partial charge in [-0.3, -0.25) is 9.59 Å². The summed E-state index contributed by atoms with van der Waals surface area (Å²) in [4.78, 5) is 32.5. The number of amides is 1. The first-order valence-electron chi connectivity index (χ1n) is 17.3. The van der Waals surface area contributed by atoms with Crippen molar-refractivity contribution in [2.24, 2.45) is 7.05 Å². The molecular formula is C39H44ClF2N7O3. The van der Waals surface area contributed by atoms with E-state index in [1.807, 2.05) is 44.3 Å². The molecule has 5 aromatic rings. The van der Waals surface area contributed by atoms with Crippen LogP contribution in [0.1, 0.15) is 60.9 Å². The number of anilines is 2. The van der Waals surface area contributed by atoms with Crippen molar-refractivity contribution in [1.29, 1.82) is 0 Å². The predicted molar refractivity (Wildman–Crippen MR) is 203 cm³/mol. The molecule has 52 heavy (non-hydrogen) atoms. The molecule has 3 heterocycles. The predicted octanol–water partition coefficient (Wildman–Crippen LogP) is 7.71. The van der Waals surface area contributed by atoms with Gasteiger partial charge in [0.05, 0.1) is 29.4 Å². The molecule has 0 radical (unpaired) electrons. The molecule has 10 nitrogen and oxygen atoms in total. The van der Waals surface area contributed by atoms with Crippen molar-refractivity contribution in [3.63, 3.8) is 0 Å². The van der Waals surface area contributed by atoms with Gasteiger partial charge in [-0.05, 0) is 87.5 Å². The van der Waals surface area contributed by atoms with Crippen LogP contribution >= 0.6 is 11.6 Å². The third-order valence-corrected chi connectivity index (χ3v) is 9.58. The van der Waals surface area contributed by atoms with E-state index in [1.54, 1.807) is 20.2 Å². The highest BCUT2D eigenvalue weighted by Gasteiger charge is 2.22. The second-order valence-electron chi connectivity index (χ2n) is 12.6. The Morgan fingerprint density at radius 1 is 1.02 bits per heavy atom. The summed E-state index contributed by atoms with van der Waals surface area (Å²) in [6.45, 7) is 2.95. The van der Waals surface area contributed by atoms with Crippen LogP contribution in [0.2, 0.25) is 5.02 Å². The second-order valence-corrected chi connectivity index (χ2v) is 13.0. The number of ether oxygens (including phenoxy) is 1. The van der Waals surface area contributed by atoms with Crippen LogP contribution in [0.15, 0.2) is 59.5 Å². The van der Waals surface area contributed by atoms with E-state index in [0.29, 0.717) is 23.0 Å². The number of carbonyl (C=O) groups is 1. The minimum Gasteiger partial charge on any atom is -0.481 e. The van der Waals surface area contributed by atoms with Crippen molar-refractivity contribution < 1.29 is 18.3 Å². The molecule has 3 aromatic heterocycles. The highest BCUT2D eigenvalue weighted by molar-refractivity contribution is 6.36. The van der Waals surface area contributed by atoms with E-state index in [2.05, 4.69) is 32.1 Å². The molecule has 0 saturated heterocycles. The molecular weight excluding hydrogens is 688 g/mol. The molecule has 6 rings (SSSR count). The van der Waals surface area contributed by atoms with Crippen molar-refractivity contribution in [2.75, 3.05) is 33.1 Å². The Morgan fingerprint density at radius 2 is 1.77 bits per heavy atom. The molecule has 1 aliphatic rings. The average molecular weight is 732 g/mol. The Balaban J connectivity index is 0.000000413. The van der Waals surface area contributed by atoms with Crippen molar-refractivity contribution in [3.8, 4) is 28.3 Å². The maximum Gasteiger partial charge on any atom is 0.280 e. The standard InChI is InChI=1S/C31H26ClF2N5O2.C8H18N2O/c1-16-19(21-10-5-11-22(27(21)32)24-13-17-7-4-9-20(17)30(38-24)41-3)8-6-12-23(16)36-29-26-18(14-25(37-29)28(33)34)15-35-39(2)31(26)40;1-9-7-5-3-4-6-8(11)10-2/h5-6,8,10-15,28H,4,7,9H2,1-3H3,(H,36,37);9H,3-7H2,1-2H3,(H,10,11). The maximum absolute atomic E-state index is 13.7. The first kappa shape index (κ1) is 38.3. The number of alkyl halides is 2. The molecule has 0 atom stereocenters. The molecule has 13 heteroatoms. The lowest BCUT2D eigenvalue weighted by Crippen LogP contribution is -2.20. The van der Waals surface area contributed by atoms with Gasteiger partial charge in [-0.25, -0.2) is 23.4 Å². The van der Waals surface area contributed by atoms with Gasteiger partial charge in [0.15, 0.2) is 0 Å². The van der Waals surface area contributed by atoms with Crippen molar-refractivity contribution >= 4 is 39.8 Å². The summed E-state index contributed by atoms with van der Waals surface area (Å²) in [6, 6.07) is 14.6. The highest BCUT2D eigenvalue weighted by Crippen LogP contribution is 2.41. The molecule has 0 bridgehead atoms. The highest BCUT2D eigenvalue weighted by atomic mass is 35.5. The number of aryl methyl sites for hydroxylation is 2. The molecule has 0 unspecified atom stereocenters. The smallest absolute Gasteiger partial charge is 0.280 e. The van der Waals surface area contributed by atoms with Crippen LogP contribution in [0.25, 0.3) is 33.2 Å².